The van der Waals surface area contributed by atoms with E-state index in [1.165, 1.54) is 11.6 Å². The quantitative estimate of drug-likeness (QED) is 0.860. The molecule has 24 heavy (non-hydrogen) atoms. The van der Waals surface area contributed by atoms with Crippen LogP contribution in [0, 0.1) is 5.92 Å². The molecule has 1 saturated heterocycles. The highest BCUT2D eigenvalue weighted by Gasteiger charge is 2.54. The summed E-state index contributed by atoms with van der Waals surface area (Å²) in [4.78, 5) is 39.6. The Morgan fingerprint density at radius 3 is 2.46 bits per heavy atom. The molecule has 7 nitrogen and oxygen atoms in total. The van der Waals surface area contributed by atoms with Crippen LogP contribution in [0.1, 0.15) is 50.3 Å². The summed E-state index contributed by atoms with van der Waals surface area (Å²) in [6, 6.07) is 0. The highest BCUT2D eigenvalue weighted by molar-refractivity contribution is 5.89. The third-order valence-corrected chi connectivity index (χ3v) is 5.77. The third kappa shape index (κ3) is 2.25. The summed E-state index contributed by atoms with van der Waals surface area (Å²) < 4.78 is 2.54. The van der Waals surface area contributed by atoms with E-state index in [9.17, 15) is 14.4 Å². The predicted octanol–water partition coefficient (Wildman–Crippen LogP) is 0.237. The fourth-order valence-electron chi connectivity index (χ4n) is 4.17. The lowest BCUT2D eigenvalue weighted by Gasteiger charge is -2.24. The highest BCUT2D eigenvalue weighted by atomic mass is 16.2. The van der Waals surface area contributed by atoms with Crippen molar-refractivity contribution in [3.8, 4) is 0 Å². The van der Waals surface area contributed by atoms with Crippen molar-refractivity contribution in [2.24, 2.45) is 20.0 Å². The molecule has 3 fully saturated rings. The minimum atomic E-state index is -0.515. The van der Waals surface area contributed by atoms with Gasteiger partial charge in [-0.2, -0.15) is 0 Å². The number of hydrogen-bond acceptors (Lipinski definition) is 4. The Bertz CT molecular complexity index is 799. The topological polar surface area (TPSA) is 76.3 Å². The van der Waals surface area contributed by atoms with Gasteiger partial charge in [-0.15, -0.1) is 0 Å². The number of carbonyl (C=O) groups excluding carboxylic acids is 1. The molecule has 1 spiro atoms. The van der Waals surface area contributed by atoms with Crippen LogP contribution in [0.15, 0.2) is 15.8 Å². The average Bonchev–Trinajstić information content (AvgIpc) is 3.20. The van der Waals surface area contributed by atoms with Crippen molar-refractivity contribution in [3.05, 3.63) is 32.6 Å². The standard InChI is InChI=1S/C17H24N4O3/c1-19-10-12(14(22)20(2)16(19)24)13-18-17(7-3-4-8-17)15(23)21(13)9-11-5-6-11/h10-11,13,18H,3-9H2,1-2H3/t13-/m0/s1. The summed E-state index contributed by atoms with van der Waals surface area (Å²) in [5.74, 6) is 0.680. The van der Waals surface area contributed by atoms with Crippen LogP contribution in [0.2, 0.25) is 0 Å². The Labute approximate surface area is 140 Å². The van der Waals surface area contributed by atoms with Crippen LogP contribution in [0.4, 0.5) is 0 Å². The van der Waals surface area contributed by atoms with Gasteiger partial charge in [0.05, 0.1) is 11.1 Å². The van der Waals surface area contributed by atoms with Crippen molar-refractivity contribution >= 4 is 5.91 Å². The first-order chi connectivity index (χ1) is 11.4. The fraction of sp³-hybridized carbons (Fsp3) is 0.706. The van der Waals surface area contributed by atoms with Crippen molar-refractivity contribution < 1.29 is 4.79 Å². The molecule has 3 aliphatic rings. The molecule has 2 saturated carbocycles. The van der Waals surface area contributed by atoms with E-state index in [2.05, 4.69) is 5.32 Å². The Hall–Kier alpha value is -1.89. The lowest BCUT2D eigenvalue weighted by atomic mass is 9.98. The van der Waals surface area contributed by atoms with Gasteiger partial charge in [-0.3, -0.25) is 19.5 Å². The molecule has 130 valence electrons. The number of aromatic nitrogens is 2. The molecule has 7 heteroatoms. The van der Waals surface area contributed by atoms with Gasteiger partial charge >= 0.3 is 5.69 Å². The number of aryl methyl sites for hydroxylation is 1. The molecule has 1 N–H and O–H groups in total. The summed E-state index contributed by atoms with van der Waals surface area (Å²) in [6.07, 6.45) is 7.18. The van der Waals surface area contributed by atoms with Gasteiger partial charge in [-0.1, -0.05) is 12.8 Å². The van der Waals surface area contributed by atoms with E-state index in [0.29, 0.717) is 18.0 Å². The van der Waals surface area contributed by atoms with Gasteiger partial charge in [0.15, 0.2) is 0 Å². The second-order valence-electron chi connectivity index (χ2n) is 7.58. The molecule has 2 heterocycles. The van der Waals surface area contributed by atoms with Crippen LogP contribution < -0.4 is 16.6 Å². The third-order valence-electron chi connectivity index (χ3n) is 5.77. The van der Waals surface area contributed by atoms with Crippen LogP contribution in [-0.2, 0) is 18.9 Å². The monoisotopic (exact) mass is 332 g/mol. The summed E-state index contributed by atoms with van der Waals surface area (Å²) in [5.41, 5.74) is -0.701. The van der Waals surface area contributed by atoms with Gasteiger partial charge in [0.1, 0.15) is 6.17 Å². The number of carbonyl (C=O) groups is 1. The lowest BCUT2D eigenvalue weighted by molar-refractivity contribution is -0.133. The fourth-order valence-corrected chi connectivity index (χ4v) is 4.17. The first-order valence-electron chi connectivity index (χ1n) is 8.78. The van der Waals surface area contributed by atoms with Crippen LogP contribution in [0.25, 0.3) is 0 Å². The van der Waals surface area contributed by atoms with Crippen LogP contribution in [0.5, 0.6) is 0 Å². The van der Waals surface area contributed by atoms with Gasteiger partial charge < -0.3 is 9.47 Å². The largest absolute Gasteiger partial charge is 0.330 e. The van der Waals surface area contributed by atoms with Gasteiger partial charge in [0.2, 0.25) is 5.91 Å². The summed E-state index contributed by atoms with van der Waals surface area (Å²) in [7, 11) is 3.13. The maximum atomic E-state index is 13.1. The molecule has 0 bridgehead atoms. The van der Waals surface area contributed by atoms with Gasteiger partial charge in [-0.25, -0.2) is 4.79 Å². The van der Waals surface area contributed by atoms with Crippen molar-refractivity contribution in [1.82, 2.24) is 19.4 Å². The molecule has 1 amide bonds. The summed E-state index contributed by atoms with van der Waals surface area (Å²) in [5, 5.41) is 3.48. The van der Waals surface area contributed by atoms with E-state index in [1.54, 1.807) is 13.2 Å². The first kappa shape index (κ1) is 15.6. The Morgan fingerprint density at radius 1 is 1.17 bits per heavy atom. The minimum absolute atomic E-state index is 0.132. The molecule has 1 aromatic heterocycles. The molecular weight excluding hydrogens is 308 g/mol. The average molecular weight is 332 g/mol. The van der Waals surface area contributed by atoms with Crippen molar-refractivity contribution in [2.75, 3.05) is 6.54 Å². The SMILES string of the molecule is Cn1cc([C@H]2NC3(CCCC3)C(=O)N2CC2CC2)c(=O)n(C)c1=O. The minimum Gasteiger partial charge on any atom is -0.321 e. The number of nitrogens with one attached hydrogen (secondary N) is 1. The molecule has 4 rings (SSSR count). The van der Waals surface area contributed by atoms with Gasteiger partial charge in [0.25, 0.3) is 5.56 Å². The Balaban J connectivity index is 1.79. The molecule has 0 radical (unpaired) electrons. The van der Waals surface area contributed by atoms with E-state index >= 15 is 0 Å². The maximum Gasteiger partial charge on any atom is 0.330 e. The van der Waals surface area contributed by atoms with E-state index in [0.717, 1.165) is 43.1 Å². The van der Waals surface area contributed by atoms with Gasteiger partial charge in [0, 0.05) is 26.8 Å². The van der Waals surface area contributed by atoms with E-state index in [4.69, 9.17) is 0 Å². The smallest absolute Gasteiger partial charge is 0.321 e. The lowest BCUT2D eigenvalue weighted by Crippen LogP contribution is -2.45. The van der Waals surface area contributed by atoms with Crippen molar-refractivity contribution in [2.45, 2.75) is 50.2 Å². The molecule has 2 aliphatic carbocycles. The molecule has 0 unspecified atom stereocenters. The van der Waals surface area contributed by atoms with Crippen LogP contribution in [0.3, 0.4) is 0 Å². The second-order valence-corrected chi connectivity index (χ2v) is 7.58. The molecule has 1 aromatic rings. The van der Waals surface area contributed by atoms with E-state index < -0.39 is 11.7 Å². The Morgan fingerprint density at radius 2 is 1.83 bits per heavy atom. The molecular formula is C17H24N4O3. The number of amides is 1. The van der Waals surface area contributed by atoms with Crippen molar-refractivity contribution in [3.63, 3.8) is 0 Å². The van der Waals surface area contributed by atoms with Crippen LogP contribution in [-0.4, -0.2) is 32.0 Å². The summed E-state index contributed by atoms with van der Waals surface area (Å²) in [6.45, 7) is 0.699. The second kappa shape index (κ2) is 5.31. The normalized spacial score (nSPS) is 25.8. The zero-order chi connectivity index (χ0) is 17.1. The molecule has 1 atom stereocenters. The first-order valence-corrected chi connectivity index (χ1v) is 8.78. The zero-order valence-corrected chi connectivity index (χ0v) is 14.2. The predicted molar refractivity (Wildman–Crippen MR) is 88.4 cm³/mol. The Kier molecular flexibility index (Phi) is 3.46. The number of nitrogens with zero attached hydrogens (tertiary/aromatic N) is 3. The van der Waals surface area contributed by atoms with E-state index in [-0.39, 0.29) is 17.2 Å². The highest BCUT2D eigenvalue weighted by Crippen LogP contribution is 2.42. The molecule has 0 aromatic carbocycles. The van der Waals surface area contributed by atoms with E-state index in [1.807, 2.05) is 4.90 Å². The van der Waals surface area contributed by atoms with Crippen molar-refractivity contribution in [1.29, 1.82) is 0 Å². The number of rotatable bonds is 3. The summed E-state index contributed by atoms with van der Waals surface area (Å²) >= 11 is 0. The maximum absolute atomic E-state index is 13.1. The zero-order valence-electron chi connectivity index (χ0n) is 14.2. The van der Waals surface area contributed by atoms with Gasteiger partial charge in [-0.05, 0) is 31.6 Å². The van der Waals surface area contributed by atoms with Crippen LogP contribution >= 0.6 is 0 Å². The molecule has 1 aliphatic heterocycles. The number of hydrogen-bond donors (Lipinski definition) is 1.